The van der Waals surface area contributed by atoms with Crippen molar-refractivity contribution in [3.63, 3.8) is 0 Å². The van der Waals surface area contributed by atoms with E-state index in [0.717, 1.165) is 45.2 Å². The van der Waals surface area contributed by atoms with Crippen molar-refractivity contribution < 1.29 is 14.7 Å². The molecule has 1 aliphatic rings. The zero-order chi connectivity index (χ0) is 31.9. The number of carbonyl (C=O) groups is 2. The van der Waals surface area contributed by atoms with Crippen molar-refractivity contribution in [2.24, 2.45) is 0 Å². The van der Waals surface area contributed by atoms with Gasteiger partial charge in [0.25, 0.3) is 5.91 Å². The highest BCUT2D eigenvalue weighted by Gasteiger charge is 2.14. The molecule has 2 amide bonds. The molecule has 0 aromatic carbocycles. The molecule has 0 saturated carbocycles. The highest BCUT2D eigenvalue weighted by atomic mass is 16.3. The van der Waals surface area contributed by atoms with Crippen LogP contribution in [0.15, 0.2) is 47.7 Å². The Labute approximate surface area is 255 Å². The lowest BCUT2D eigenvalue weighted by Crippen LogP contribution is -2.41. The minimum absolute atomic E-state index is 0.156. The Balaban J connectivity index is 0.00000130. The number of amides is 2. The van der Waals surface area contributed by atoms with Crippen molar-refractivity contribution in [3.05, 3.63) is 53.4 Å². The molecule has 1 aromatic heterocycles. The summed E-state index contributed by atoms with van der Waals surface area (Å²) in [5, 5.41) is 19.5. The van der Waals surface area contributed by atoms with Crippen LogP contribution in [0.4, 0.5) is 5.95 Å². The molecular formula is C33H58N6O3. The first-order valence-electron chi connectivity index (χ1n) is 15.7. The maximum atomic E-state index is 12.3. The predicted octanol–water partition coefficient (Wildman–Crippen LogP) is 5.66. The van der Waals surface area contributed by atoms with Gasteiger partial charge < -0.3 is 26.0 Å². The zero-order valence-corrected chi connectivity index (χ0v) is 27.7. The van der Waals surface area contributed by atoms with Crippen molar-refractivity contribution in [2.75, 3.05) is 31.5 Å². The molecular weight excluding hydrogens is 528 g/mol. The van der Waals surface area contributed by atoms with Crippen LogP contribution < -0.4 is 16.0 Å². The Morgan fingerprint density at radius 3 is 2.38 bits per heavy atom. The van der Waals surface area contributed by atoms with E-state index >= 15 is 0 Å². The number of carbonyl (C=O) groups excluding carboxylic acids is 2. The fourth-order valence-corrected chi connectivity index (χ4v) is 4.23. The Morgan fingerprint density at radius 1 is 1.10 bits per heavy atom. The van der Waals surface area contributed by atoms with Gasteiger partial charge in [-0.3, -0.25) is 9.59 Å². The second-order valence-electron chi connectivity index (χ2n) is 10.3. The largest absolute Gasteiger partial charge is 0.390 e. The number of hydrogen-bond donors (Lipinski definition) is 4. The van der Waals surface area contributed by atoms with Gasteiger partial charge in [0.15, 0.2) is 0 Å². The average Bonchev–Trinajstić information content (AvgIpc) is 2.96. The Kier molecular flexibility index (Phi) is 21.8. The molecule has 0 fully saturated rings. The smallest absolute Gasteiger partial charge is 0.270 e. The Morgan fingerprint density at radius 2 is 1.81 bits per heavy atom. The molecule has 1 heterocycles. The molecule has 0 spiro atoms. The van der Waals surface area contributed by atoms with Gasteiger partial charge in [0, 0.05) is 51.4 Å². The SMILES string of the molecule is CC.CC/C1=C(CC(C)NCC(O)CNC(=O)c2ccnc(NC(C)C)n2)/C=C\C=C/CC1.CCCN(CC)C(C)=O. The van der Waals surface area contributed by atoms with Gasteiger partial charge in [-0.2, -0.15) is 0 Å². The van der Waals surface area contributed by atoms with Gasteiger partial charge in [-0.25, -0.2) is 9.97 Å². The Hall–Kier alpha value is -3.04. The van der Waals surface area contributed by atoms with Crippen LogP contribution in [0.2, 0.25) is 0 Å². The number of rotatable bonds is 14. The van der Waals surface area contributed by atoms with Gasteiger partial charge in [-0.15, -0.1) is 0 Å². The first-order valence-corrected chi connectivity index (χ1v) is 15.7. The highest BCUT2D eigenvalue weighted by Crippen LogP contribution is 2.22. The molecule has 238 valence electrons. The van der Waals surface area contributed by atoms with E-state index in [1.807, 2.05) is 39.5 Å². The van der Waals surface area contributed by atoms with Crippen molar-refractivity contribution in [1.82, 2.24) is 25.5 Å². The van der Waals surface area contributed by atoms with E-state index in [2.05, 4.69) is 71.0 Å². The molecule has 0 saturated heterocycles. The average molecular weight is 587 g/mol. The number of hydrogen-bond acceptors (Lipinski definition) is 7. The topological polar surface area (TPSA) is 119 Å². The normalized spacial score (nSPS) is 17.2. The van der Waals surface area contributed by atoms with Crippen LogP contribution >= 0.6 is 0 Å². The van der Waals surface area contributed by atoms with Crippen LogP contribution in [0.25, 0.3) is 0 Å². The van der Waals surface area contributed by atoms with E-state index in [1.165, 1.54) is 11.1 Å². The molecule has 1 aromatic rings. The van der Waals surface area contributed by atoms with Crippen molar-refractivity contribution in [3.8, 4) is 0 Å². The number of nitrogens with zero attached hydrogens (tertiary/aromatic N) is 3. The molecule has 9 heteroatoms. The van der Waals surface area contributed by atoms with Crippen molar-refractivity contribution >= 4 is 17.8 Å². The summed E-state index contributed by atoms with van der Waals surface area (Å²) in [5.41, 5.74) is 3.15. The van der Waals surface area contributed by atoms with Crippen LogP contribution in [0.3, 0.4) is 0 Å². The molecule has 2 rings (SSSR count). The van der Waals surface area contributed by atoms with Gasteiger partial charge in [-0.1, -0.05) is 57.6 Å². The first kappa shape index (κ1) is 39.0. The summed E-state index contributed by atoms with van der Waals surface area (Å²) in [6, 6.07) is 1.96. The molecule has 0 aliphatic heterocycles. The number of aliphatic hydroxyl groups is 1. The molecule has 0 bridgehead atoms. The van der Waals surface area contributed by atoms with Gasteiger partial charge in [0.05, 0.1) is 6.10 Å². The maximum absolute atomic E-state index is 12.3. The van der Waals surface area contributed by atoms with Crippen molar-refractivity contribution in [2.45, 2.75) is 113 Å². The zero-order valence-electron chi connectivity index (χ0n) is 27.7. The lowest BCUT2D eigenvalue weighted by atomic mass is 9.94. The van der Waals surface area contributed by atoms with E-state index in [4.69, 9.17) is 0 Å². The number of anilines is 1. The summed E-state index contributed by atoms with van der Waals surface area (Å²) in [6.45, 7) is 20.3. The van der Waals surface area contributed by atoms with Crippen LogP contribution in [0, 0.1) is 0 Å². The summed E-state index contributed by atoms with van der Waals surface area (Å²) in [6.07, 6.45) is 14.7. The number of aliphatic hydroxyl groups excluding tert-OH is 1. The lowest BCUT2D eigenvalue weighted by molar-refractivity contribution is -0.128. The van der Waals surface area contributed by atoms with E-state index in [1.54, 1.807) is 19.2 Å². The third-order valence-electron chi connectivity index (χ3n) is 6.39. The quantitative estimate of drug-likeness (QED) is 0.222. The molecule has 2 unspecified atom stereocenters. The lowest BCUT2D eigenvalue weighted by Gasteiger charge is -2.20. The molecule has 42 heavy (non-hydrogen) atoms. The fraction of sp³-hybridized carbons (Fsp3) is 0.636. The molecule has 9 nitrogen and oxygen atoms in total. The number of aromatic nitrogens is 2. The van der Waals surface area contributed by atoms with Crippen molar-refractivity contribution in [1.29, 1.82) is 0 Å². The van der Waals surface area contributed by atoms with Crippen LogP contribution in [-0.2, 0) is 4.79 Å². The summed E-state index contributed by atoms with van der Waals surface area (Å²) in [7, 11) is 0. The second kappa shape index (κ2) is 23.5. The van der Waals surface area contributed by atoms with Crippen LogP contribution in [0.1, 0.15) is 105 Å². The second-order valence-corrected chi connectivity index (χ2v) is 10.3. The van der Waals surface area contributed by atoms with Gasteiger partial charge >= 0.3 is 0 Å². The first-order chi connectivity index (χ1) is 20.1. The fourth-order valence-electron chi connectivity index (χ4n) is 4.23. The van der Waals surface area contributed by atoms with E-state index in [0.29, 0.717) is 12.5 Å². The van der Waals surface area contributed by atoms with Gasteiger partial charge in [0.2, 0.25) is 11.9 Å². The molecule has 4 N–H and O–H groups in total. The summed E-state index contributed by atoms with van der Waals surface area (Å²) in [4.78, 5) is 33.2. The molecule has 2 atom stereocenters. The summed E-state index contributed by atoms with van der Waals surface area (Å²) in [5.74, 6) is 0.268. The summed E-state index contributed by atoms with van der Waals surface area (Å²) >= 11 is 0. The summed E-state index contributed by atoms with van der Waals surface area (Å²) < 4.78 is 0. The third-order valence-corrected chi connectivity index (χ3v) is 6.39. The van der Waals surface area contributed by atoms with Crippen LogP contribution in [0.5, 0.6) is 0 Å². The Bertz CT molecular complexity index is 990. The van der Waals surface area contributed by atoms with Gasteiger partial charge in [-0.05, 0) is 71.4 Å². The maximum Gasteiger partial charge on any atom is 0.270 e. The van der Waals surface area contributed by atoms with Crippen LogP contribution in [-0.4, -0.2) is 76.2 Å². The number of allylic oxidation sites excluding steroid dienone is 5. The van der Waals surface area contributed by atoms with E-state index < -0.39 is 6.10 Å². The van der Waals surface area contributed by atoms with Gasteiger partial charge in [0.1, 0.15) is 5.69 Å². The molecule has 1 aliphatic carbocycles. The molecule has 0 radical (unpaired) electrons. The standard InChI is InChI=1S/C24H37N5O2.C7H15NO.C2H6/c1-5-19-10-8-6-7-9-11-20(19)14-18(4)26-15-21(30)16-27-23(31)22-12-13-25-24(29-22)28-17(2)3;1-4-6-8(5-2)7(3)9;1-2/h6-7,9,11-13,17-18,21,26,30H,5,8,10,14-16H2,1-4H3,(H,27,31)(H,25,28,29);4-6H2,1-3H3;1-2H3/b7-6-,11-9-,20-19+;;. The monoisotopic (exact) mass is 586 g/mol. The third kappa shape index (κ3) is 17.0. The predicted molar refractivity (Wildman–Crippen MR) is 176 cm³/mol. The van der Waals surface area contributed by atoms with E-state index in [-0.39, 0.29) is 36.1 Å². The minimum atomic E-state index is -0.683. The highest BCUT2D eigenvalue weighted by molar-refractivity contribution is 5.92. The minimum Gasteiger partial charge on any atom is -0.390 e. The van der Waals surface area contributed by atoms with E-state index in [9.17, 15) is 14.7 Å². The number of nitrogens with one attached hydrogen (secondary N) is 3.